The van der Waals surface area contributed by atoms with Crippen LogP contribution in [-0.4, -0.2) is 52.2 Å². The van der Waals surface area contributed by atoms with Gasteiger partial charge in [-0.3, -0.25) is 9.78 Å². The molecule has 148 valence electrons. The third-order valence-electron chi connectivity index (χ3n) is 6.74. The summed E-state index contributed by atoms with van der Waals surface area (Å²) < 4.78 is 12.1. The van der Waals surface area contributed by atoms with Gasteiger partial charge in [-0.05, 0) is 25.0 Å². The predicted octanol–water partition coefficient (Wildman–Crippen LogP) is 2.03. The summed E-state index contributed by atoms with van der Waals surface area (Å²) in [6.45, 7) is 2.29. The number of nitrogens with one attached hydrogen (secondary N) is 1. The molecule has 0 aromatic carbocycles. The van der Waals surface area contributed by atoms with Gasteiger partial charge < -0.3 is 19.4 Å². The zero-order valence-corrected chi connectivity index (χ0v) is 15.8. The number of pyridine rings is 1. The summed E-state index contributed by atoms with van der Waals surface area (Å²) in [7, 11) is 0. The van der Waals surface area contributed by atoms with Crippen molar-refractivity contribution >= 4 is 22.7 Å². The summed E-state index contributed by atoms with van der Waals surface area (Å²) >= 11 is 0. The molecule has 8 nitrogen and oxygen atoms in total. The highest BCUT2D eigenvalue weighted by molar-refractivity contribution is 5.92. The molecule has 1 amide bonds. The molecule has 3 aliphatic heterocycles. The minimum absolute atomic E-state index is 0.139. The van der Waals surface area contributed by atoms with E-state index in [4.69, 9.17) is 9.15 Å². The van der Waals surface area contributed by atoms with Crippen LogP contribution in [0.25, 0.3) is 11.0 Å². The van der Waals surface area contributed by atoms with Crippen molar-refractivity contribution in [3.63, 3.8) is 0 Å². The van der Waals surface area contributed by atoms with Crippen LogP contribution in [0.3, 0.4) is 0 Å². The van der Waals surface area contributed by atoms with Crippen LogP contribution in [0.5, 0.6) is 0 Å². The Morgan fingerprint density at radius 2 is 2.24 bits per heavy atom. The second-order valence-corrected chi connectivity index (χ2v) is 8.18. The first-order valence-electron chi connectivity index (χ1n) is 10.0. The minimum atomic E-state index is -0.186. The molecular weight excluding hydrogens is 370 g/mol. The van der Waals surface area contributed by atoms with Gasteiger partial charge in [0, 0.05) is 50.1 Å². The molecule has 6 heterocycles. The third kappa shape index (κ3) is 2.55. The van der Waals surface area contributed by atoms with Crippen molar-refractivity contribution in [2.45, 2.75) is 24.5 Å². The molecule has 1 spiro atoms. The van der Waals surface area contributed by atoms with Crippen molar-refractivity contribution in [2.75, 3.05) is 24.5 Å². The fourth-order valence-corrected chi connectivity index (χ4v) is 5.47. The first kappa shape index (κ1) is 16.9. The lowest BCUT2D eigenvalue weighted by Crippen LogP contribution is -2.42. The van der Waals surface area contributed by atoms with Crippen LogP contribution < -0.4 is 10.2 Å². The monoisotopic (exact) mass is 391 g/mol. The maximum absolute atomic E-state index is 12.4. The smallest absolute Gasteiger partial charge is 0.271 e. The molecule has 3 saturated heterocycles. The highest BCUT2D eigenvalue weighted by Gasteiger charge is 2.63. The Bertz CT molecular complexity index is 1070. The molecule has 8 heteroatoms. The van der Waals surface area contributed by atoms with Crippen LogP contribution in [0.1, 0.15) is 23.3 Å². The number of rotatable bonds is 4. The van der Waals surface area contributed by atoms with E-state index in [2.05, 4.69) is 25.2 Å². The highest BCUT2D eigenvalue weighted by Crippen LogP contribution is 2.55. The molecule has 1 N–H and O–H groups in total. The number of anilines is 1. The van der Waals surface area contributed by atoms with E-state index >= 15 is 0 Å². The van der Waals surface area contributed by atoms with E-state index in [-0.39, 0.29) is 23.5 Å². The Morgan fingerprint density at radius 1 is 1.28 bits per heavy atom. The van der Waals surface area contributed by atoms with E-state index in [0.717, 1.165) is 42.7 Å². The molecule has 0 aliphatic carbocycles. The van der Waals surface area contributed by atoms with Gasteiger partial charge in [0.05, 0.1) is 29.6 Å². The molecule has 2 bridgehead atoms. The second kappa shape index (κ2) is 6.25. The third-order valence-corrected chi connectivity index (χ3v) is 6.74. The Hall–Kier alpha value is -3.00. The van der Waals surface area contributed by atoms with Gasteiger partial charge in [-0.2, -0.15) is 0 Å². The summed E-state index contributed by atoms with van der Waals surface area (Å²) in [6.07, 6.45) is 10.4. The first-order chi connectivity index (χ1) is 14.2. The number of hydrogen-bond acceptors (Lipinski definition) is 7. The van der Waals surface area contributed by atoms with Crippen molar-refractivity contribution in [1.82, 2.24) is 20.3 Å². The largest absolute Gasteiger partial charge is 0.464 e. The Labute approximate surface area is 167 Å². The van der Waals surface area contributed by atoms with Gasteiger partial charge in [0.2, 0.25) is 0 Å². The van der Waals surface area contributed by atoms with Crippen LogP contribution in [0.4, 0.5) is 5.82 Å². The number of ether oxygens (including phenoxy) is 1. The van der Waals surface area contributed by atoms with Crippen LogP contribution in [-0.2, 0) is 4.74 Å². The highest BCUT2D eigenvalue weighted by atomic mass is 16.5. The summed E-state index contributed by atoms with van der Waals surface area (Å²) in [5, 5.41) is 4.08. The number of hydrogen-bond donors (Lipinski definition) is 1. The second-order valence-electron chi connectivity index (χ2n) is 8.18. The fraction of sp³-hybridized carbons (Fsp3) is 0.429. The Balaban J connectivity index is 1.22. The summed E-state index contributed by atoms with van der Waals surface area (Å²) in [6, 6.07) is 3.86. The van der Waals surface area contributed by atoms with Gasteiger partial charge in [0.15, 0.2) is 0 Å². The SMILES string of the molecule is O=C(NC[C@H]1[C@H]2CN(c3nccc4occc34)C[C@]23CC[C@H]1O3)c1cnccn1. The molecule has 3 fully saturated rings. The molecule has 0 radical (unpaired) electrons. The minimum Gasteiger partial charge on any atom is -0.464 e. The number of amides is 1. The molecule has 0 unspecified atom stereocenters. The van der Waals surface area contributed by atoms with E-state index in [9.17, 15) is 4.79 Å². The molecule has 3 aliphatic rings. The van der Waals surface area contributed by atoms with E-state index in [1.807, 2.05) is 12.1 Å². The standard InChI is InChI=1S/C21H21N5O3/c27-20(16-10-22-6-7-23-16)25-9-14-15-11-26(12-21(15)4-1-18(14)29-21)19-13-3-8-28-17(13)2-5-24-19/h2-3,5-8,10,14-15,18H,1,4,9,11-12H2,(H,25,27)/t14-,15+,18+,21+/m0/s1. The van der Waals surface area contributed by atoms with Crippen molar-refractivity contribution in [3.05, 3.63) is 48.9 Å². The predicted molar refractivity (Wildman–Crippen MR) is 104 cm³/mol. The van der Waals surface area contributed by atoms with Crippen molar-refractivity contribution in [3.8, 4) is 0 Å². The molecule has 6 rings (SSSR count). The fourth-order valence-electron chi connectivity index (χ4n) is 5.47. The van der Waals surface area contributed by atoms with Gasteiger partial charge in [-0.1, -0.05) is 0 Å². The number of carbonyl (C=O) groups is 1. The van der Waals surface area contributed by atoms with Crippen LogP contribution in [0.2, 0.25) is 0 Å². The van der Waals surface area contributed by atoms with Crippen LogP contribution in [0.15, 0.2) is 47.6 Å². The maximum atomic E-state index is 12.4. The molecule has 3 aromatic rings. The Kier molecular flexibility index (Phi) is 3.64. The summed E-state index contributed by atoms with van der Waals surface area (Å²) in [4.78, 5) is 27.4. The topological polar surface area (TPSA) is 93.4 Å². The lowest BCUT2D eigenvalue weighted by atomic mass is 9.73. The van der Waals surface area contributed by atoms with Crippen molar-refractivity contribution in [2.24, 2.45) is 11.8 Å². The van der Waals surface area contributed by atoms with Gasteiger partial charge in [-0.15, -0.1) is 0 Å². The van der Waals surface area contributed by atoms with Gasteiger partial charge in [0.1, 0.15) is 17.1 Å². The normalized spacial score (nSPS) is 30.1. The molecule has 3 aromatic heterocycles. The number of furan rings is 1. The zero-order valence-electron chi connectivity index (χ0n) is 15.8. The van der Waals surface area contributed by atoms with E-state index < -0.39 is 0 Å². The summed E-state index contributed by atoms with van der Waals surface area (Å²) in [5.74, 6) is 1.43. The lowest BCUT2D eigenvalue weighted by Gasteiger charge is -2.29. The summed E-state index contributed by atoms with van der Waals surface area (Å²) in [5.41, 5.74) is 1.05. The number of nitrogens with zero attached hydrogens (tertiary/aromatic N) is 4. The van der Waals surface area contributed by atoms with E-state index in [0.29, 0.717) is 18.2 Å². The van der Waals surface area contributed by atoms with Gasteiger partial charge in [0.25, 0.3) is 5.91 Å². The van der Waals surface area contributed by atoms with Crippen molar-refractivity contribution < 1.29 is 13.9 Å². The average Bonchev–Trinajstić information content (AvgIpc) is 3.52. The van der Waals surface area contributed by atoms with Crippen molar-refractivity contribution in [1.29, 1.82) is 0 Å². The first-order valence-corrected chi connectivity index (χ1v) is 10.0. The number of carbonyl (C=O) groups excluding carboxylic acids is 1. The maximum Gasteiger partial charge on any atom is 0.271 e. The van der Waals surface area contributed by atoms with E-state index in [1.54, 1.807) is 18.7 Å². The molecule has 0 saturated carbocycles. The number of aromatic nitrogens is 3. The quantitative estimate of drug-likeness (QED) is 0.727. The van der Waals surface area contributed by atoms with Gasteiger partial charge in [-0.25, -0.2) is 9.97 Å². The van der Waals surface area contributed by atoms with Crippen LogP contribution >= 0.6 is 0 Å². The Morgan fingerprint density at radius 3 is 3.14 bits per heavy atom. The lowest BCUT2D eigenvalue weighted by molar-refractivity contribution is 0.0141. The number of fused-ring (bicyclic) bond motifs is 2. The molecular formula is C21H21N5O3. The van der Waals surface area contributed by atoms with Crippen LogP contribution in [0, 0.1) is 11.8 Å². The molecule has 4 atom stereocenters. The molecule has 29 heavy (non-hydrogen) atoms. The zero-order chi connectivity index (χ0) is 19.4. The van der Waals surface area contributed by atoms with E-state index in [1.165, 1.54) is 12.4 Å². The van der Waals surface area contributed by atoms with Gasteiger partial charge >= 0.3 is 0 Å². The average molecular weight is 391 g/mol.